The maximum atomic E-state index is 12.6. The number of rotatable bonds is 6. The summed E-state index contributed by atoms with van der Waals surface area (Å²) in [5.74, 6) is 0.0976. The van der Waals surface area contributed by atoms with Gasteiger partial charge in [0.2, 0.25) is 11.8 Å². The highest BCUT2D eigenvalue weighted by atomic mass is 32.2. The second-order valence-corrected chi connectivity index (χ2v) is 9.45. The lowest BCUT2D eigenvalue weighted by Gasteiger charge is -2.36. The molecule has 6 nitrogen and oxygen atoms in total. The van der Waals surface area contributed by atoms with Crippen molar-refractivity contribution in [3.05, 3.63) is 66.2 Å². The van der Waals surface area contributed by atoms with Gasteiger partial charge in [-0.15, -0.1) is 11.8 Å². The third-order valence-electron chi connectivity index (χ3n) is 4.59. The van der Waals surface area contributed by atoms with Crippen molar-refractivity contribution in [3.63, 3.8) is 0 Å². The van der Waals surface area contributed by atoms with Crippen LogP contribution >= 0.6 is 35.7 Å². The summed E-state index contributed by atoms with van der Waals surface area (Å²) in [7, 11) is 0. The lowest BCUT2D eigenvalue weighted by molar-refractivity contribution is -0.123. The molecule has 3 atom stereocenters. The number of anilines is 1. The molecular formula is C20H20N4O2S3. The fraction of sp³-hybridized carbons (Fsp3) is 0.250. The molecule has 2 aromatic rings. The van der Waals surface area contributed by atoms with Gasteiger partial charge in [0.1, 0.15) is 21.2 Å². The molecule has 9 heteroatoms. The summed E-state index contributed by atoms with van der Waals surface area (Å²) in [4.78, 5) is 26.8. The maximum Gasteiger partial charge on any atom is 0.238 e. The van der Waals surface area contributed by atoms with Crippen LogP contribution in [0.1, 0.15) is 5.56 Å². The zero-order valence-electron chi connectivity index (χ0n) is 15.4. The SMILES string of the molecule is O=C(CSC1NC(=O)C2SC(=S)N(c3ccccc3)C2N1)NCc1ccccc1. The summed E-state index contributed by atoms with van der Waals surface area (Å²) in [5.41, 5.74) is 1.63. The van der Waals surface area contributed by atoms with Gasteiger partial charge in [-0.2, -0.15) is 0 Å². The van der Waals surface area contributed by atoms with Crippen molar-refractivity contribution >= 4 is 57.6 Å². The number of thiocarbonyl (C=S) groups is 1. The standard InChI is InChI=1S/C20H20N4O2S3/c25-15(21-11-13-7-3-1-4-8-13)12-28-19-22-17-16(18(26)23-19)29-20(27)24(17)14-9-5-2-6-10-14/h1-10,16-17,19,22H,11-12H2,(H,21,25)(H,23,26). The Morgan fingerprint density at radius 3 is 2.55 bits per heavy atom. The third kappa shape index (κ3) is 4.75. The summed E-state index contributed by atoms with van der Waals surface area (Å²) in [5, 5.41) is 8.95. The van der Waals surface area contributed by atoms with Crippen LogP contribution in [0.3, 0.4) is 0 Å². The van der Waals surface area contributed by atoms with Crippen molar-refractivity contribution in [2.24, 2.45) is 0 Å². The highest BCUT2D eigenvalue weighted by molar-refractivity contribution is 8.24. The van der Waals surface area contributed by atoms with Gasteiger partial charge in [0, 0.05) is 12.2 Å². The maximum absolute atomic E-state index is 12.6. The van der Waals surface area contributed by atoms with Crippen molar-refractivity contribution in [1.82, 2.24) is 16.0 Å². The topological polar surface area (TPSA) is 73.5 Å². The van der Waals surface area contributed by atoms with E-state index in [9.17, 15) is 9.59 Å². The number of nitrogens with zero attached hydrogens (tertiary/aromatic N) is 1. The number of hydrogen-bond donors (Lipinski definition) is 3. The van der Waals surface area contributed by atoms with Crippen LogP contribution in [-0.4, -0.2) is 38.8 Å². The molecule has 4 rings (SSSR count). The summed E-state index contributed by atoms with van der Waals surface area (Å²) in [6, 6.07) is 19.5. The highest BCUT2D eigenvalue weighted by Gasteiger charge is 2.47. The second kappa shape index (κ2) is 9.17. The Kier molecular flexibility index (Phi) is 6.39. The number of benzene rings is 2. The monoisotopic (exact) mass is 444 g/mol. The van der Waals surface area contributed by atoms with E-state index in [2.05, 4.69) is 16.0 Å². The van der Waals surface area contributed by atoms with E-state index in [1.54, 1.807) is 0 Å². The van der Waals surface area contributed by atoms with Crippen molar-refractivity contribution in [2.75, 3.05) is 10.7 Å². The molecule has 29 heavy (non-hydrogen) atoms. The Labute approximate surface area is 183 Å². The molecule has 2 aliphatic heterocycles. The first kappa shape index (κ1) is 20.2. The van der Waals surface area contributed by atoms with Crippen LogP contribution in [0.15, 0.2) is 60.7 Å². The Balaban J connectivity index is 1.34. The fourth-order valence-corrected chi connectivity index (χ4v) is 5.64. The van der Waals surface area contributed by atoms with Gasteiger partial charge in [0.05, 0.1) is 5.75 Å². The third-order valence-corrected chi connectivity index (χ3v) is 7.22. The predicted molar refractivity (Wildman–Crippen MR) is 122 cm³/mol. The molecule has 3 N–H and O–H groups in total. The first-order chi connectivity index (χ1) is 14.1. The molecule has 3 unspecified atom stereocenters. The molecule has 0 radical (unpaired) electrons. The summed E-state index contributed by atoms with van der Waals surface area (Å²) >= 11 is 8.26. The minimum Gasteiger partial charge on any atom is -0.351 e. The number of carbonyl (C=O) groups excluding carboxylic acids is 2. The molecule has 2 heterocycles. The van der Waals surface area contributed by atoms with Crippen LogP contribution in [0.25, 0.3) is 0 Å². The number of fused-ring (bicyclic) bond motifs is 1. The van der Waals surface area contributed by atoms with Gasteiger partial charge in [0.25, 0.3) is 0 Å². The predicted octanol–water partition coefficient (Wildman–Crippen LogP) is 2.27. The number of hydrogen-bond acceptors (Lipinski definition) is 6. The van der Waals surface area contributed by atoms with E-state index in [0.717, 1.165) is 11.3 Å². The van der Waals surface area contributed by atoms with E-state index >= 15 is 0 Å². The molecule has 0 spiro atoms. The molecule has 150 valence electrons. The smallest absolute Gasteiger partial charge is 0.238 e. The molecule has 2 saturated heterocycles. The van der Waals surface area contributed by atoms with Crippen LogP contribution in [0, 0.1) is 0 Å². The second-order valence-electron chi connectivity index (χ2n) is 6.58. The van der Waals surface area contributed by atoms with E-state index in [1.807, 2.05) is 65.6 Å². The van der Waals surface area contributed by atoms with E-state index in [-0.39, 0.29) is 34.5 Å². The molecule has 2 aromatic carbocycles. The first-order valence-corrected chi connectivity index (χ1v) is 11.5. The average Bonchev–Trinajstić information content (AvgIpc) is 3.08. The number of carbonyl (C=O) groups is 2. The van der Waals surface area contributed by atoms with Crippen molar-refractivity contribution in [2.45, 2.75) is 23.5 Å². The van der Waals surface area contributed by atoms with Crippen LogP contribution in [-0.2, 0) is 16.1 Å². The lowest BCUT2D eigenvalue weighted by atomic mass is 10.2. The van der Waals surface area contributed by atoms with Gasteiger partial charge in [-0.05, 0) is 17.7 Å². The molecule has 0 bridgehead atoms. The van der Waals surface area contributed by atoms with E-state index in [4.69, 9.17) is 12.2 Å². The zero-order chi connectivity index (χ0) is 20.2. The van der Waals surface area contributed by atoms with Gasteiger partial charge < -0.3 is 15.5 Å². The summed E-state index contributed by atoms with van der Waals surface area (Å²) in [6.45, 7) is 0.488. The molecule has 0 aromatic heterocycles. The average molecular weight is 445 g/mol. The van der Waals surface area contributed by atoms with Gasteiger partial charge in [-0.25, -0.2) is 0 Å². The Bertz CT molecular complexity index is 897. The Hall–Kier alpha value is -2.07. The Morgan fingerprint density at radius 1 is 1.14 bits per heavy atom. The molecule has 2 fully saturated rings. The molecule has 2 aliphatic rings. The highest BCUT2D eigenvalue weighted by Crippen LogP contribution is 2.37. The summed E-state index contributed by atoms with van der Waals surface area (Å²) in [6.07, 6.45) is -0.242. The van der Waals surface area contributed by atoms with Crippen LogP contribution in [0.4, 0.5) is 5.69 Å². The molecule has 0 saturated carbocycles. The molecule has 0 aliphatic carbocycles. The van der Waals surface area contributed by atoms with E-state index in [1.165, 1.54) is 23.5 Å². The van der Waals surface area contributed by atoms with Gasteiger partial charge in [0.15, 0.2) is 0 Å². The quantitative estimate of drug-likeness (QED) is 0.591. The largest absolute Gasteiger partial charge is 0.351 e. The van der Waals surface area contributed by atoms with E-state index < -0.39 is 0 Å². The number of para-hydroxylation sites is 1. The van der Waals surface area contributed by atoms with Gasteiger partial charge in [-0.3, -0.25) is 14.9 Å². The number of nitrogens with one attached hydrogen (secondary N) is 3. The van der Waals surface area contributed by atoms with Crippen LogP contribution in [0.5, 0.6) is 0 Å². The minimum absolute atomic E-state index is 0.0678. The van der Waals surface area contributed by atoms with Crippen molar-refractivity contribution < 1.29 is 9.59 Å². The zero-order valence-corrected chi connectivity index (χ0v) is 17.9. The number of amides is 2. The lowest BCUT2D eigenvalue weighted by Crippen LogP contribution is -2.64. The van der Waals surface area contributed by atoms with Gasteiger partial charge in [-0.1, -0.05) is 72.5 Å². The van der Waals surface area contributed by atoms with Gasteiger partial charge >= 0.3 is 0 Å². The summed E-state index contributed by atoms with van der Waals surface area (Å²) < 4.78 is 0.667. The van der Waals surface area contributed by atoms with Crippen LogP contribution in [0.2, 0.25) is 0 Å². The molecule has 2 amide bonds. The van der Waals surface area contributed by atoms with E-state index in [0.29, 0.717) is 10.9 Å². The fourth-order valence-electron chi connectivity index (χ4n) is 3.20. The van der Waals surface area contributed by atoms with Crippen molar-refractivity contribution in [3.8, 4) is 0 Å². The Morgan fingerprint density at radius 2 is 1.83 bits per heavy atom. The first-order valence-electron chi connectivity index (χ1n) is 9.15. The minimum atomic E-state index is -0.362. The number of thioether (sulfide) groups is 2. The normalized spacial score (nSPS) is 23.4. The van der Waals surface area contributed by atoms with Crippen LogP contribution < -0.4 is 20.9 Å². The van der Waals surface area contributed by atoms with Crippen molar-refractivity contribution in [1.29, 1.82) is 0 Å². The molecular weight excluding hydrogens is 424 g/mol.